The highest BCUT2D eigenvalue weighted by Crippen LogP contribution is 2.32. The first-order valence-electron chi connectivity index (χ1n) is 13.4. The number of terminal acetylenes is 1. The molecule has 4 amide bonds. The number of anilines is 1. The molecule has 1 saturated heterocycles. The van der Waals surface area contributed by atoms with Crippen molar-refractivity contribution >= 4 is 23.5 Å². The zero-order valence-corrected chi connectivity index (χ0v) is 23.3. The Labute approximate surface area is 243 Å². The number of ether oxygens (including phenoxy) is 3. The van der Waals surface area contributed by atoms with E-state index in [-0.39, 0.29) is 5.69 Å². The number of carbonyl (C=O) groups is 3. The van der Waals surface area contributed by atoms with E-state index >= 15 is 0 Å². The Morgan fingerprint density at radius 3 is 2.43 bits per heavy atom. The van der Waals surface area contributed by atoms with E-state index in [0.717, 1.165) is 16.5 Å². The van der Waals surface area contributed by atoms with Gasteiger partial charge in [-0.3, -0.25) is 9.59 Å². The van der Waals surface area contributed by atoms with Crippen LogP contribution in [-0.4, -0.2) is 62.3 Å². The predicted octanol–water partition coefficient (Wildman–Crippen LogP) is 4.25. The van der Waals surface area contributed by atoms with Gasteiger partial charge in [0.05, 0.1) is 25.5 Å². The third kappa shape index (κ3) is 7.13. The van der Waals surface area contributed by atoms with Crippen molar-refractivity contribution in [2.45, 2.75) is 24.9 Å². The second-order valence-corrected chi connectivity index (χ2v) is 9.59. The van der Waals surface area contributed by atoms with Crippen LogP contribution in [0.4, 0.5) is 14.9 Å². The molecule has 3 aromatic rings. The molecule has 218 valence electrons. The van der Waals surface area contributed by atoms with Crippen LogP contribution in [0.2, 0.25) is 0 Å². The van der Waals surface area contributed by atoms with Gasteiger partial charge >= 0.3 is 6.03 Å². The largest absolute Gasteiger partial charge is 0.491 e. The van der Waals surface area contributed by atoms with Crippen molar-refractivity contribution in [3.63, 3.8) is 0 Å². The van der Waals surface area contributed by atoms with Crippen LogP contribution in [0.3, 0.4) is 0 Å². The second kappa shape index (κ2) is 14.3. The number of halogens is 1. The summed E-state index contributed by atoms with van der Waals surface area (Å²) in [7, 11) is 1.60. The van der Waals surface area contributed by atoms with Gasteiger partial charge < -0.3 is 24.8 Å². The quantitative estimate of drug-likeness (QED) is 0.180. The van der Waals surface area contributed by atoms with E-state index in [1.807, 2.05) is 6.07 Å². The summed E-state index contributed by atoms with van der Waals surface area (Å²) in [5, 5.41) is 5.22. The second-order valence-electron chi connectivity index (χ2n) is 9.59. The number of nitrogens with zero attached hydrogens (tertiary/aromatic N) is 1. The van der Waals surface area contributed by atoms with Gasteiger partial charge in [-0.05, 0) is 41.5 Å². The average molecular weight is 574 g/mol. The summed E-state index contributed by atoms with van der Waals surface area (Å²) in [6, 6.07) is 16.6. The van der Waals surface area contributed by atoms with Gasteiger partial charge in [-0.15, -0.1) is 6.42 Å². The van der Waals surface area contributed by atoms with Gasteiger partial charge in [0, 0.05) is 18.6 Å². The summed E-state index contributed by atoms with van der Waals surface area (Å²) in [6.45, 7) is 3.41. The molecule has 1 aliphatic rings. The zero-order valence-electron chi connectivity index (χ0n) is 23.3. The molecule has 1 heterocycles. The van der Waals surface area contributed by atoms with Gasteiger partial charge in [0.1, 0.15) is 30.3 Å². The van der Waals surface area contributed by atoms with Crippen molar-refractivity contribution < 1.29 is 33.0 Å². The maximum Gasteiger partial charge on any atom is 0.325 e. The summed E-state index contributed by atoms with van der Waals surface area (Å²) in [6.07, 6.45) is 5.34. The van der Waals surface area contributed by atoms with Gasteiger partial charge in [0.15, 0.2) is 0 Å². The van der Waals surface area contributed by atoms with E-state index in [0.29, 0.717) is 43.3 Å². The van der Waals surface area contributed by atoms with Crippen molar-refractivity contribution in [2.24, 2.45) is 0 Å². The third-order valence-electron chi connectivity index (χ3n) is 6.85. The lowest BCUT2D eigenvalue weighted by Gasteiger charge is -2.30. The number of hydrogen-bond acceptors (Lipinski definition) is 6. The number of methoxy groups -OCH3 is 1. The van der Waals surface area contributed by atoms with Gasteiger partial charge in [0.2, 0.25) is 5.91 Å². The van der Waals surface area contributed by atoms with Crippen LogP contribution in [0.15, 0.2) is 72.8 Å². The Bertz CT molecular complexity index is 1440. The van der Waals surface area contributed by atoms with Gasteiger partial charge in [0.25, 0.3) is 5.91 Å². The molecule has 0 radical (unpaired) electrons. The first-order chi connectivity index (χ1) is 20.3. The number of rotatable bonds is 13. The van der Waals surface area contributed by atoms with Crippen molar-refractivity contribution in [3.8, 4) is 18.1 Å². The normalized spacial score (nSPS) is 16.0. The summed E-state index contributed by atoms with van der Waals surface area (Å²) >= 11 is 0. The number of carbonyl (C=O) groups excluding carboxylic acids is 3. The molecule has 3 unspecified atom stereocenters. The lowest BCUT2D eigenvalue weighted by atomic mass is 9.91. The molecular weight excluding hydrogens is 541 g/mol. The fraction of sp³-hybridized carbons (Fsp3) is 0.281. The molecule has 10 heteroatoms. The van der Waals surface area contributed by atoms with Crippen molar-refractivity contribution in [1.29, 1.82) is 0 Å². The van der Waals surface area contributed by atoms with E-state index < -0.39 is 41.7 Å². The molecular formula is C32H32FN3O6. The highest BCUT2D eigenvalue weighted by molar-refractivity contribution is 6.10. The molecule has 0 aromatic heterocycles. The Balaban J connectivity index is 1.53. The fourth-order valence-electron chi connectivity index (χ4n) is 4.62. The summed E-state index contributed by atoms with van der Waals surface area (Å²) < 4.78 is 30.6. The zero-order chi connectivity index (χ0) is 30.1. The lowest BCUT2D eigenvalue weighted by molar-refractivity contribution is -0.134. The summed E-state index contributed by atoms with van der Waals surface area (Å²) in [5.74, 6) is 0.223. The highest BCUT2D eigenvalue weighted by atomic mass is 19.1. The van der Waals surface area contributed by atoms with E-state index in [1.54, 1.807) is 62.6 Å². The number of hydrogen-bond donors (Lipinski definition) is 2. The summed E-state index contributed by atoms with van der Waals surface area (Å²) in [5.41, 5.74) is 1.43. The maximum atomic E-state index is 14.7. The topological polar surface area (TPSA) is 106 Å². The fourth-order valence-corrected chi connectivity index (χ4v) is 4.62. The standard InChI is InChI=1S/C32H32FN3O6/c1-4-22-10-15-27(26(33)20-22)34-30(37)29(21(2)23-8-6-5-7-9-23)36-31(38)28(35-32(36)39)24-11-13-25(14-12-24)42-19-18-41-17-16-40-3/h1,5-15,20-21,28-29H,16-19H2,2-3H3,(H,34,37)(H,35,39). The first-order valence-corrected chi connectivity index (χ1v) is 13.4. The molecule has 2 N–H and O–H groups in total. The highest BCUT2D eigenvalue weighted by Gasteiger charge is 2.47. The van der Waals surface area contributed by atoms with Crippen LogP contribution in [-0.2, 0) is 19.1 Å². The molecule has 0 bridgehead atoms. The smallest absolute Gasteiger partial charge is 0.325 e. The van der Waals surface area contributed by atoms with Crippen LogP contribution in [0.1, 0.15) is 35.6 Å². The minimum atomic E-state index is -1.28. The maximum absolute atomic E-state index is 14.7. The Morgan fingerprint density at radius 2 is 1.76 bits per heavy atom. The predicted molar refractivity (Wildman–Crippen MR) is 154 cm³/mol. The molecule has 1 fully saturated rings. The molecule has 42 heavy (non-hydrogen) atoms. The molecule has 0 saturated carbocycles. The number of nitrogens with one attached hydrogen (secondary N) is 2. The van der Waals surface area contributed by atoms with Crippen molar-refractivity contribution in [1.82, 2.24) is 10.2 Å². The van der Waals surface area contributed by atoms with Crippen LogP contribution in [0.25, 0.3) is 0 Å². The average Bonchev–Trinajstić information content (AvgIpc) is 3.29. The third-order valence-corrected chi connectivity index (χ3v) is 6.85. The SMILES string of the molecule is C#Cc1ccc(NC(=O)C(C(C)c2ccccc2)N2C(=O)NC(c3ccc(OCCOCCOC)cc3)C2=O)c(F)c1. The van der Waals surface area contributed by atoms with Crippen LogP contribution in [0.5, 0.6) is 5.75 Å². The van der Waals surface area contributed by atoms with Crippen molar-refractivity contribution in [3.05, 3.63) is 95.3 Å². The van der Waals surface area contributed by atoms with E-state index in [9.17, 15) is 18.8 Å². The Kier molecular flexibility index (Phi) is 10.3. The monoisotopic (exact) mass is 573 g/mol. The molecule has 4 rings (SSSR count). The van der Waals surface area contributed by atoms with Crippen molar-refractivity contribution in [2.75, 3.05) is 38.9 Å². The molecule has 3 aromatic carbocycles. The Morgan fingerprint density at radius 1 is 1.05 bits per heavy atom. The number of imide groups is 1. The van der Waals surface area contributed by atoms with Gasteiger partial charge in [-0.1, -0.05) is 55.3 Å². The molecule has 0 spiro atoms. The molecule has 3 atom stereocenters. The lowest BCUT2D eigenvalue weighted by Crippen LogP contribution is -2.50. The molecule has 0 aliphatic carbocycles. The van der Waals surface area contributed by atoms with E-state index in [4.69, 9.17) is 20.6 Å². The Hall–Kier alpha value is -4.72. The van der Waals surface area contributed by atoms with Gasteiger partial charge in [-0.25, -0.2) is 14.1 Å². The van der Waals surface area contributed by atoms with Gasteiger partial charge in [-0.2, -0.15) is 0 Å². The van der Waals surface area contributed by atoms with Crippen LogP contribution < -0.4 is 15.4 Å². The van der Waals surface area contributed by atoms with E-state index in [2.05, 4.69) is 16.6 Å². The number of benzene rings is 3. The number of urea groups is 1. The number of amides is 4. The van der Waals surface area contributed by atoms with E-state index in [1.165, 1.54) is 12.1 Å². The minimum absolute atomic E-state index is 0.118. The van der Waals surface area contributed by atoms with Crippen LogP contribution in [0, 0.1) is 18.2 Å². The first kappa shape index (κ1) is 30.2. The molecule has 1 aliphatic heterocycles. The summed E-state index contributed by atoms with van der Waals surface area (Å²) in [4.78, 5) is 41.5. The minimum Gasteiger partial charge on any atom is -0.491 e. The molecule has 9 nitrogen and oxygen atoms in total. The van der Waals surface area contributed by atoms with Crippen LogP contribution >= 0.6 is 0 Å².